The van der Waals surface area contributed by atoms with Crippen molar-refractivity contribution in [3.63, 3.8) is 0 Å². The molecule has 3 rings (SSSR count). The van der Waals surface area contributed by atoms with E-state index >= 15 is 0 Å². The highest BCUT2D eigenvalue weighted by molar-refractivity contribution is 5.76. The summed E-state index contributed by atoms with van der Waals surface area (Å²) in [6.45, 7) is 3.66. The number of likely N-dealkylation sites (tertiary alicyclic amines) is 1. The summed E-state index contributed by atoms with van der Waals surface area (Å²) in [5, 5.41) is 2.95. The van der Waals surface area contributed by atoms with Crippen molar-refractivity contribution in [3.8, 4) is 0 Å². The van der Waals surface area contributed by atoms with Crippen molar-refractivity contribution in [1.82, 2.24) is 20.2 Å². The average molecular weight is 244 g/mol. The van der Waals surface area contributed by atoms with Crippen LogP contribution in [-0.2, 0) is 0 Å². The second-order valence-corrected chi connectivity index (χ2v) is 4.65. The predicted molar refractivity (Wildman–Crippen MR) is 69.2 cm³/mol. The minimum atomic E-state index is -0.106. The number of rotatable bonds is 2. The molecule has 2 aromatic rings. The number of aromatic nitrogens is 2. The lowest BCUT2D eigenvalue weighted by molar-refractivity contribution is 0.164. The van der Waals surface area contributed by atoms with Crippen LogP contribution in [0.2, 0.25) is 0 Å². The van der Waals surface area contributed by atoms with Gasteiger partial charge in [-0.05, 0) is 25.5 Å². The van der Waals surface area contributed by atoms with Gasteiger partial charge in [0.15, 0.2) is 0 Å². The molecule has 5 heteroatoms. The van der Waals surface area contributed by atoms with Crippen molar-refractivity contribution >= 4 is 17.1 Å². The molecule has 0 aliphatic carbocycles. The zero-order chi connectivity index (χ0) is 12.5. The van der Waals surface area contributed by atoms with Crippen LogP contribution in [0.25, 0.3) is 11.0 Å². The molecule has 18 heavy (non-hydrogen) atoms. The summed E-state index contributed by atoms with van der Waals surface area (Å²) in [5.74, 6) is 0.796. The number of carbonyl (C=O) groups excluding carboxylic acids is 1. The third kappa shape index (κ3) is 1.92. The largest absolute Gasteiger partial charge is 0.340 e. The Labute approximate surface area is 105 Å². The first-order valence-corrected chi connectivity index (χ1v) is 6.24. The first kappa shape index (κ1) is 11.1. The lowest BCUT2D eigenvalue weighted by atomic mass is 10.2. The molecular formula is C13H16N4O. The third-order valence-corrected chi connectivity index (χ3v) is 3.30. The van der Waals surface area contributed by atoms with Gasteiger partial charge in [0.25, 0.3) is 0 Å². The molecule has 2 N–H and O–H groups in total. The van der Waals surface area contributed by atoms with E-state index in [0.717, 1.165) is 36.4 Å². The molecule has 0 saturated carbocycles. The Hall–Kier alpha value is -2.04. The smallest absolute Gasteiger partial charge is 0.317 e. The molecule has 1 aliphatic heterocycles. The molecule has 1 aliphatic rings. The summed E-state index contributed by atoms with van der Waals surface area (Å²) in [4.78, 5) is 21.3. The second kappa shape index (κ2) is 4.33. The lowest BCUT2D eigenvalue weighted by Gasteiger charge is -2.31. The Balaban J connectivity index is 1.74. The van der Waals surface area contributed by atoms with Crippen molar-refractivity contribution in [1.29, 1.82) is 0 Å². The molecule has 1 aromatic heterocycles. The molecule has 2 amide bonds. The Morgan fingerprint density at radius 3 is 2.89 bits per heavy atom. The maximum absolute atomic E-state index is 11.8. The molecule has 1 unspecified atom stereocenters. The number of urea groups is 1. The fourth-order valence-corrected chi connectivity index (χ4v) is 2.04. The van der Waals surface area contributed by atoms with E-state index in [9.17, 15) is 4.79 Å². The monoisotopic (exact) mass is 244 g/mol. The zero-order valence-corrected chi connectivity index (χ0v) is 10.3. The quantitative estimate of drug-likeness (QED) is 0.849. The predicted octanol–water partition coefficient (Wildman–Crippen LogP) is 2.04. The van der Waals surface area contributed by atoms with E-state index < -0.39 is 0 Å². The van der Waals surface area contributed by atoms with Crippen LogP contribution in [0.15, 0.2) is 24.3 Å². The summed E-state index contributed by atoms with van der Waals surface area (Å²) in [6, 6.07) is 7.75. The standard InChI is InChI=1S/C13H16N4O/c1-9(14-13(18)17-7-4-8-17)12-15-10-5-2-3-6-11(10)16-12/h2-3,5-6,9H,4,7-8H2,1H3,(H,14,18)(H,15,16). The number of hydrogen-bond donors (Lipinski definition) is 2. The average Bonchev–Trinajstić information content (AvgIpc) is 2.69. The normalized spacial score (nSPS) is 16.4. The summed E-state index contributed by atoms with van der Waals surface area (Å²) < 4.78 is 0. The number of nitrogens with zero attached hydrogens (tertiary/aromatic N) is 2. The van der Waals surface area contributed by atoms with Crippen LogP contribution in [-0.4, -0.2) is 34.0 Å². The van der Waals surface area contributed by atoms with Gasteiger partial charge in [0.1, 0.15) is 5.82 Å². The van der Waals surface area contributed by atoms with Gasteiger partial charge in [-0.3, -0.25) is 0 Å². The third-order valence-electron chi connectivity index (χ3n) is 3.30. The van der Waals surface area contributed by atoms with Crippen LogP contribution >= 0.6 is 0 Å². The SMILES string of the molecule is CC(NC(=O)N1CCC1)c1nc2ccccc2[nH]1. The highest BCUT2D eigenvalue weighted by Crippen LogP contribution is 2.16. The van der Waals surface area contributed by atoms with E-state index in [1.165, 1.54) is 0 Å². The molecule has 1 saturated heterocycles. The lowest BCUT2D eigenvalue weighted by Crippen LogP contribution is -2.48. The summed E-state index contributed by atoms with van der Waals surface area (Å²) >= 11 is 0. The molecule has 94 valence electrons. The topological polar surface area (TPSA) is 61.0 Å². The minimum Gasteiger partial charge on any atom is -0.340 e. The number of fused-ring (bicyclic) bond motifs is 1. The highest BCUT2D eigenvalue weighted by atomic mass is 16.2. The summed E-state index contributed by atoms with van der Waals surface area (Å²) in [5.41, 5.74) is 1.93. The number of H-pyrrole nitrogens is 1. The number of nitrogens with one attached hydrogen (secondary N) is 2. The minimum absolute atomic E-state index is 0.00536. The van der Waals surface area contributed by atoms with Gasteiger partial charge in [-0.15, -0.1) is 0 Å². The Morgan fingerprint density at radius 2 is 2.22 bits per heavy atom. The number of carbonyl (C=O) groups is 1. The Bertz CT molecular complexity index is 540. The van der Waals surface area contributed by atoms with Gasteiger partial charge < -0.3 is 15.2 Å². The highest BCUT2D eigenvalue weighted by Gasteiger charge is 2.22. The van der Waals surface area contributed by atoms with E-state index in [1.54, 1.807) is 4.90 Å². The number of benzene rings is 1. The van der Waals surface area contributed by atoms with Gasteiger partial charge in [0.05, 0.1) is 17.1 Å². The molecule has 0 spiro atoms. The van der Waals surface area contributed by atoms with Gasteiger partial charge >= 0.3 is 6.03 Å². The van der Waals surface area contributed by atoms with Crippen molar-refractivity contribution in [3.05, 3.63) is 30.1 Å². The molecule has 5 nitrogen and oxygen atoms in total. The molecular weight excluding hydrogens is 228 g/mol. The second-order valence-electron chi connectivity index (χ2n) is 4.65. The van der Waals surface area contributed by atoms with Gasteiger partial charge in [0, 0.05) is 13.1 Å². The number of hydrogen-bond acceptors (Lipinski definition) is 2. The Morgan fingerprint density at radius 1 is 1.44 bits per heavy atom. The van der Waals surface area contributed by atoms with Crippen LogP contribution in [0.1, 0.15) is 25.2 Å². The molecule has 2 heterocycles. The summed E-state index contributed by atoms with van der Waals surface area (Å²) in [6.07, 6.45) is 1.10. The number of imidazole rings is 1. The van der Waals surface area contributed by atoms with E-state index in [4.69, 9.17) is 0 Å². The van der Waals surface area contributed by atoms with E-state index in [2.05, 4.69) is 15.3 Å². The van der Waals surface area contributed by atoms with Gasteiger partial charge in [-0.2, -0.15) is 0 Å². The maximum atomic E-state index is 11.8. The van der Waals surface area contributed by atoms with Crippen molar-refractivity contribution in [2.45, 2.75) is 19.4 Å². The van der Waals surface area contributed by atoms with E-state index in [0.29, 0.717) is 0 Å². The zero-order valence-electron chi connectivity index (χ0n) is 10.3. The fourth-order valence-electron chi connectivity index (χ4n) is 2.04. The van der Waals surface area contributed by atoms with Crippen molar-refractivity contribution < 1.29 is 4.79 Å². The molecule has 1 atom stereocenters. The molecule has 1 fully saturated rings. The van der Waals surface area contributed by atoms with Crippen LogP contribution in [0.5, 0.6) is 0 Å². The first-order valence-electron chi connectivity index (χ1n) is 6.24. The van der Waals surface area contributed by atoms with Crippen LogP contribution in [0.4, 0.5) is 4.79 Å². The van der Waals surface area contributed by atoms with Crippen LogP contribution < -0.4 is 5.32 Å². The number of para-hydroxylation sites is 2. The molecule has 0 radical (unpaired) electrons. The van der Waals surface area contributed by atoms with Crippen LogP contribution in [0.3, 0.4) is 0 Å². The molecule has 0 bridgehead atoms. The number of aromatic amines is 1. The van der Waals surface area contributed by atoms with Crippen LogP contribution in [0, 0.1) is 0 Å². The maximum Gasteiger partial charge on any atom is 0.317 e. The fraction of sp³-hybridized carbons (Fsp3) is 0.385. The van der Waals surface area contributed by atoms with E-state index in [-0.39, 0.29) is 12.1 Å². The van der Waals surface area contributed by atoms with Crippen molar-refractivity contribution in [2.75, 3.05) is 13.1 Å². The first-order chi connectivity index (χ1) is 8.74. The van der Waals surface area contributed by atoms with Gasteiger partial charge in [-0.1, -0.05) is 12.1 Å². The number of amides is 2. The van der Waals surface area contributed by atoms with E-state index in [1.807, 2.05) is 31.2 Å². The van der Waals surface area contributed by atoms with Crippen molar-refractivity contribution in [2.24, 2.45) is 0 Å². The summed E-state index contributed by atoms with van der Waals surface area (Å²) in [7, 11) is 0. The van der Waals surface area contributed by atoms with Gasteiger partial charge in [0.2, 0.25) is 0 Å². The Kier molecular flexibility index (Phi) is 2.66. The van der Waals surface area contributed by atoms with Gasteiger partial charge in [-0.25, -0.2) is 9.78 Å². The molecule has 1 aromatic carbocycles.